The van der Waals surface area contributed by atoms with E-state index in [1.807, 2.05) is 4.90 Å². The molecule has 6 heteroatoms. The molecule has 1 aliphatic carbocycles. The van der Waals surface area contributed by atoms with Crippen molar-refractivity contribution in [1.82, 2.24) is 9.80 Å². The Labute approximate surface area is 127 Å². The van der Waals surface area contributed by atoms with E-state index < -0.39 is 5.54 Å². The lowest BCUT2D eigenvalue weighted by atomic mass is 10.1. The summed E-state index contributed by atoms with van der Waals surface area (Å²) in [6.45, 7) is 5.56. The van der Waals surface area contributed by atoms with Gasteiger partial charge in [-0.25, -0.2) is 0 Å². The molecule has 0 aromatic rings. The molecule has 4 nitrogen and oxygen atoms in total. The van der Waals surface area contributed by atoms with Gasteiger partial charge in [0, 0.05) is 19.6 Å². The molecule has 1 unspecified atom stereocenters. The van der Waals surface area contributed by atoms with E-state index in [1.54, 1.807) is 0 Å². The average Bonchev–Trinajstić information content (AvgIpc) is 2.77. The summed E-state index contributed by atoms with van der Waals surface area (Å²) in [5.74, 6) is 0.890. The van der Waals surface area contributed by atoms with E-state index in [0.29, 0.717) is 5.92 Å². The van der Waals surface area contributed by atoms with Gasteiger partial charge in [-0.3, -0.25) is 4.79 Å². The van der Waals surface area contributed by atoms with Gasteiger partial charge < -0.3 is 15.5 Å². The molecule has 0 bridgehead atoms. The molecule has 1 amide bonds. The van der Waals surface area contributed by atoms with Crippen molar-refractivity contribution in [2.75, 3.05) is 32.7 Å². The highest BCUT2D eigenvalue weighted by Crippen LogP contribution is 2.35. The quantitative estimate of drug-likeness (QED) is 0.854. The molecular formula is C13H25Cl2N3O. The SMILES string of the molecule is Cl.Cl.NC1(C(=O)N2CCC(CN3CCCC3)C2)CC1. The van der Waals surface area contributed by atoms with Crippen molar-refractivity contribution in [1.29, 1.82) is 0 Å². The summed E-state index contributed by atoms with van der Waals surface area (Å²) in [7, 11) is 0. The lowest BCUT2D eigenvalue weighted by molar-refractivity contribution is -0.132. The van der Waals surface area contributed by atoms with Crippen LogP contribution in [0.5, 0.6) is 0 Å². The molecule has 1 atom stereocenters. The van der Waals surface area contributed by atoms with Crippen LogP contribution in [-0.4, -0.2) is 54.0 Å². The lowest BCUT2D eigenvalue weighted by Crippen LogP contribution is -2.45. The Balaban J connectivity index is 0.000000902. The first kappa shape index (κ1) is 17.0. The Kier molecular flexibility index (Phi) is 5.93. The molecule has 0 spiro atoms. The fraction of sp³-hybridized carbons (Fsp3) is 0.923. The van der Waals surface area contributed by atoms with Crippen LogP contribution in [0.25, 0.3) is 0 Å². The summed E-state index contributed by atoms with van der Waals surface area (Å²) in [4.78, 5) is 16.7. The third-order valence-electron chi connectivity index (χ3n) is 4.50. The second kappa shape index (κ2) is 6.61. The van der Waals surface area contributed by atoms with Crippen molar-refractivity contribution < 1.29 is 4.79 Å². The first-order valence-electron chi connectivity index (χ1n) is 6.98. The van der Waals surface area contributed by atoms with Crippen LogP contribution in [0.3, 0.4) is 0 Å². The van der Waals surface area contributed by atoms with Gasteiger partial charge in [0.15, 0.2) is 0 Å². The van der Waals surface area contributed by atoms with E-state index in [9.17, 15) is 4.79 Å². The molecule has 0 aromatic carbocycles. The molecular weight excluding hydrogens is 285 g/mol. The van der Waals surface area contributed by atoms with Gasteiger partial charge in [0.2, 0.25) is 5.91 Å². The van der Waals surface area contributed by atoms with Gasteiger partial charge in [0.05, 0.1) is 5.54 Å². The van der Waals surface area contributed by atoms with E-state index in [4.69, 9.17) is 5.73 Å². The van der Waals surface area contributed by atoms with E-state index in [-0.39, 0.29) is 30.7 Å². The van der Waals surface area contributed by atoms with Crippen molar-refractivity contribution in [3.05, 3.63) is 0 Å². The lowest BCUT2D eigenvalue weighted by Gasteiger charge is -2.22. The number of nitrogens with zero attached hydrogens (tertiary/aromatic N) is 2. The average molecular weight is 310 g/mol. The van der Waals surface area contributed by atoms with Crippen LogP contribution in [0.4, 0.5) is 0 Å². The van der Waals surface area contributed by atoms with Crippen LogP contribution >= 0.6 is 24.8 Å². The van der Waals surface area contributed by atoms with Gasteiger partial charge in [-0.2, -0.15) is 0 Å². The summed E-state index contributed by atoms with van der Waals surface area (Å²) in [5, 5.41) is 0. The maximum Gasteiger partial charge on any atom is 0.242 e. The fourth-order valence-corrected chi connectivity index (χ4v) is 3.16. The van der Waals surface area contributed by atoms with Gasteiger partial charge in [0.1, 0.15) is 0 Å². The van der Waals surface area contributed by atoms with E-state index in [0.717, 1.165) is 25.9 Å². The molecule has 2 heterocycles. The largest absolute Gasteiger partial charge is 0.341 e. The Hall–Kier alpha value is -0.0300. The fourth-order valence-electron chi connectivity index (χ4n) is 3.16. The topological polar surface area (TPSA) is 49.6 Å². The summed E-state index contributed by atoms with van der Waals surface area (Å²) in [5.41, 5.74) is 5.51. The smallest absolute Gasteiger partial charge is 0.242 e. The molecule has 2 N–H and O–H groups in total. The molecule has 2 saturated heterocycles. The Morgan fingerprint density at radius 3 is 2.37 bits per heavy atom. The number of amides is 1. The van der Waals surface area contributed by atoms with Crippen molar-refractivity contribution in [3.8, 4) is 0 Å². The van der Waals surface area contributed by atoms with Gasteiger partial charge in [-0.15, -0.1) is 24.8 Å². The zero-order valence-corrected chi connectivity index (χ0v) is 13.0. The Bertz CT molecular complexity index is 317. The number of nitrogens with two attached hydrogens (primary N) is 1. The first-order chi connectivity index (χ1) is 8.17. The molecule has 0 aromatic heterocycles. The molecule has 3 rings (SSSR count). The highest BCUT2D eigenvalue weighted by molar-refractivity contribution is 5.89. The van der Waals surface area contributed by atoms with Crippen LogP contribution in [0.1, 0.15) is 32.1 Å². The summed E-state index contributed by atoms with van der Waals surface area (Å²) in [6, 6.07) is 0. The maximum absolute atomic E-state index is 12.1. The molecule has 0 radical (unpaired) electrons. The molecule has 3 fully saturated rings. The molecule has 1 saturated carbocycles. The summed E-state index contributed by atoms with van der Waals surface area (Å²) in [6.07, 6.45) is 5.64. The number of likely N-dealkylation sites (tertiary alicyclic amines) is 2. The number of carbonyl (C=O) groups is 1. The van der Waals surface area contributed by atoms with Gasteiger partial charge >= 0.3 is 0 Å². The number of hydrogen-bond donors (Lipinski definition) is 1. The minimum Gasteiger partial charge on any atom is -0.341 e. The van der Waals surface area contributed by atoms with Gasteiger partial charge in [-0.05, 0) is 51.1 Å². The number of carbonyl (C=O) groups excluding carboxylic acids is 1. The zero-order valence-electron chi connectivity index (χ0n) is 11.3. The van der Waals surface area contributed by atoms with Crippen LogP contribution in [0.15, 0.2) is 0 Å². The predicted octanol–water partition coefficient (Wildman–Crippen LogP) is 1.27. The highest BCUT2D eigenvalue weighted by Gasteiger charge is 2.49. The number of rotatable bonds is 3. The molecule has 3 aliphatic rings. The third kappa shape index (κ3) is 3.75. The number of hydrogen-bond acceptors (Lipinski definition) is 3. The summed E-state index contributed by atoms with van der Waals surface area (Å²) >= 11 is 0. The second-order valence-corrected chi connectivity index (χ2v) is 6.07. The number of halogens is 2. The minimum atomic E-state index is -0.470. The monoisotopic (exact) mass is 309 g/mol. The van der Waals surface area contributed by atoms with Crippen molar-refractivity contribution >= 4 is 30.7 Å². The van der Waals surface area contributed by atoms with Crippen molar-refractivity contribution in [3.63, 3.8) is 0 Å². The summed E-state index contributed by atoms with van der Waals surface area (Å²) < 4.78 is 0. The Morgan fingerprint density at radius 1 is 1.16 bits per heavy atom. The highest BCUT2D eigenvalue weighted by atomic mass is 35.5. The van der Waals surface area contributed by atoms with Crippen LogP contribution in [-0.2, 0) is 4.79 Å². The third-order valence-corrected chi connectivity index (χ3v) is 4.50. The van der Waals surface area contributed by atoms with Crippen LogP contribution in [0.2, 0.25) is 0 Å². The molecule has 2 aliphatic heterocycles. The Morgan fingerprint density at radius 2 is 1.79 bits per heavy atom. The predicted molar refractivity (Wildman–Crippen MR) is 81.0 cm³/mol. The van der Waals surface area contributed by atoms with Crippen molar-refractivity contribution in [2.24, 2.45) is 11.7 Å². The maximum atomic E-state index is 12.1. The zero-order chi connectivity index (χ0) is 11.9. The van der Waals surface area contributed by atoms with Gasteiger partial charge in [0.25, 0.3) is 0 Å². The minimum absolute atomic E-state index is 0. The van der Waals surface area contributed by atoms with Crippen LogP contribution in [0, 0.1) is 5.92 Å². The van der Waals surface area contributed by atoms with Crippen LogP contribution < -0.4 is 5.73 Å². The van der Waals surface area contributed by atoms with E-state index in [1.165, 1.54) is 38.9 Å². The van der Waals surface area contributed by atoms with E-state index >= 15 is 0 Å². The molecule has 19 heavy (non-hydrogen) atoms. The normalized spacial score (nSPS) is 28.7. The molecule has 112 valence electrons. The van der Waals surface area contributed by atoms with Crippen molar-refractivity contribution in [2.45, 2.75) is 37.6 Å². The second-order valence-electron chi connectivity index (χ2n) is 6.07. The van der Waals surface area contributed by atoms with Gasteiger partial charge in [-0.1, -0.05) is 0 Å². The first-order valence-corrected chi connectivity index (χ1v) is 6.98. The van der Waals surface area contributed by atoms with E-state index in [2.05, 4.69) is 4.90 Å². The standard InChI is InChI=1S/C13H23N3O.2ClH/c14-13(4-5-13)12(17)16-8-3-11(10-16)9-15-6-1-2-7-15;;/h11H,1-10,14H2;2*1H.